The Hall–Kier alpha value is -3.06. The fourth-order valence-corrected chi connectivity index (χ4v) is 2.66. The summed E-state index contributed by atoms with van der Waals surface area (Å²) in [7, 11) is 1.48. The number of carboxylic acid groups (broad SMARTS) is 1. The monoisotopic (exact) mass is 391 g/mol. The highest BCUT2D eigenvalue weighted by atomic mass is 35.5. The van der Waals surface area contributed by atoms with Gasteiger partial charge in [-0.1, -0.05) is 23.7 Å². The average Bonchev–Trinajstić information content (AvgIpc) is 2.60. The number of methoxy groups -OCH3 is 1. The zero-order valence-electron chi connectivity index (χ0n) is 14.7. The first-order valence-corrected chi connectivity index (χ1v) is 8.32. The molecule has 27 heavy (non-hydrogen) atoms. The predicted octanol–water partition coefficient (Wildman–Crippen LogP) is 2.70. The number of benzene rings is 2. The van der Waals surface area contributed by atoms with Crippen LogP contribution in [0.2, 0.25) is 5.02 Å². The van der Waals surface area contributed by atoms with Crippen LogP contribution < -0.4 is 14.8 Å². The number of amides is 1. The van der Waals surface area contributed by atoms with Crippen molar-refractivity contribution in [2.45, 2.75) is 19.4 Å². The largest absolute Gasteiger partial charge is 0.495 e. The van der Waals surface area contributed by atoms with Crippen molar-refractivity contribution in [3.63, 3.8) is 0 Å². The van der Waals surface area contributed by atoms with E-state index in [0.29, 0.717) is 16.3 Å². The Morgan fingerprint density at radius 1 is 1.19 bits per heavy atom. The van der Waals surface area contributed by atoms with Crippen molar-refractivity contribution in [1.29, 1.82) is 0 Å². The Balaban J connectivity index is 2.14. The Morgan fingerprint density at radius 3 is 2.52 bits per heavy atom. The number of nitrogens with one attached hydrogen (secondary N) is 1. The van der Waals surface area contributed by atoms with Crippen LogP contribution in [-0.4, -0.2) is 36.1 Å². The lowest BCUT2D eigenvalue weighted by Gasteiger charge is -2.15. The third kappa shape index (κ3) is 5.72. The van der Waals surface area contributed by atoms with Crippen molar-refractivity contribution in [1.82, 2.24) is 5.32 Å². The van der Waals surface area contributed by atoms with Gasteiger partial charge in [-0.15, -0.1) is 0 Å². The molecule has 0 aliphatic rings. The van der Waals surface area contributed by atoms with Gasteiger partial charge >= 0.3 is 11.9 Å². The van der Waals surface area contributed by atoms with Gasteiger partial charge in [-0.3, -0.25) is 9.59 Å². The first kappa shape index (κ1) is 20.3. The van der Waals surface area contributed by atoms with Crippen LogP contribution in [0.1, 0.15) is 22.8 Å². The fraction of sp³-hybridized carbons (Fsp3) is 0.211. The molecular formula is C19H18ClNO6. The van der Waals surface area contributed by atoms with Gasteiger partial charge in [0, 0.05) is 18.9 Å². The van der Waals surface area contributed by atoms with Crippen LogP contribution in [0.4, 0.5) is 0 Å². The number of carboxylic acids is 1. The summed E-state index contributed by atoms with van der Waals surface area (Å²) in [4.78, 5) is 35.0. The van der Waals surface area contributed by atoms with E-state index in [2.05, 4.69) is 5.32 Å². The molecule has 2 aromatic rings. The van der Waals surface area contributed by atoms with Crippen LogP contribution in [0.15, 0.2) is 42.5 Å². The molecule has 0 bridgehead atoms. The summed E-state index contributed by atoms with van der Waals surface area (Å²) in [5.74, 6) is -1.64. The lowest BCUT2D eigenvalue weighted by Crippen LogP contribution is -2.42. The number of carbonyl (C=O) groups excluding carboxylic acids is 2. The van der Waals surface area contributed by atoms with Crippen molar-refractivity contribution in [3.05, 3.63) is 58.6 Å². The van der Waals surface area contributed by atoms with E-state index in [0.717, 1.165) is 0 Å². The van der Waals surface area contributed by atoms with E-state index < -0.39 is 23.9 Å². The summed E-state index contributed by atoms with van der Waals surface area (Å²) < 4.78 is 9.99. The smallest absolute Gasteiger partial charge is 0.326 e. The van der Waals surface area contributed by atoms with Gasteiger partial charge in [0.05, 0.1) is 12.1 Å². The van der Waals surface area contributed by atoms with Crippen LogP contribution in [0.25, 0.3) is 0 Å². The minimum absolute atomic E-state index is 0.0361. The highest BCUT2D eigenvalue weighted by molar-refractivity contribution is 6.32. The van der Waals surface area contributed by atoms with Gasteiger partial charge in [0.15, 0.2) is 0 Å². The second-order valence-electron chi connectivity index (χ2n) is 5.66. The highest BCUT2D eigenvalue weighted by Crippen LogP contribution is 2.25. The quantitative estimate of drug-likeness (QED) is 0.555. The van der Waals surface area contributed by atoms with Crippen molar-refractivity contribution in [3.8, 4) is 11.5 Å². The van der Waals surface area contributed by atoms with Crippen LogP contribution in [-0.2, 0) is 16.0 Å². The van der Waals surface area contributed by atoms with E-state index in [1.807, 2.05) is 0 Å². The molecule has 0 radical (unpaired) electrons. The Kier molecular flexibility index (Phi) is 6.79. The Morgan fingerprint density at radius 2 is 1.93 bits per heavy atom. The normalized spacial score (nSPS) is 11.4. The molecule has 0 saturated carbocycles. The lowest BCUT2D eigenvalue weighted by atomic mass is 10.0. The molecule has 0 aliphatic carbocycles. The molecule has 8 heteroatoms. The fourth-order valence-electron chi connectivity index (χ4n) is 2.38. The molecule has 7 nitrogen and oxygen atoms in total. The van der Waals surface area contributed by atoms with E-state index in [1.165, 1.54) is 38.3 Å². The van der Waals surface area contributed by atoms with Gasteiger partial charge < -0.3 is 19.9 Å². The van der Waals surface area contributed by atoms with Gasteiger partial charge in [-0.2, -0.15) is 0 Å². The molecule has 2 aromatic carbocycles. The van der Waals surface area contributed by atoms with Crippen LogP contribution in [0, 0.1) is 0 Å². The molecule has 2 rings (SSSR count). The number of aliphatic carboxylic acids is 1. The first-order valence-electron chi connectivity index (χ1n) is 7.94. The molecule has 1 atom stereocenters. The number of esters is 1. The molecule has 0 aromatic heterocycles. The molecule has 2 N–H and O–H groups in total. The zero-order chi connectivity index (χ0) is 20.0. The SMILES string of the molecule is COc1ccc(C[C@@H](NC(=O)c2cccc(OC(C)=O)c2)C(=O)O)cc1Cl. The molecule has 0 aliphatic heterocycles. The van der Waals surface area contributed by atoms with E-state index in [-0.39, 0.29) is 17.7 Å². The van der Waals surface area contributed by atoms with Crippen LogP contribution >= 0.6 is 11.6 Å². The summed E-state index contributed by atoms with van der Waals surface area (Å²) in [6, 6.07) is 9.63. The molecule has 1 amide bonds. The van der Waals surface area contributed by atoms with Gasteiger partial charge in [0.25, 0.3) is 5.91 Å². The molecule has 0 fully saturated rings. The summed E-state index contributed by atoms with van der Waals surface area (Å²) in [6.07, 6.45) is 0.0361. The molecule has 0 spiro atoms. The number of carbonyl (C=O) groups is 3. The van der Waals surface area contributed by atoms with Crippen LogP contribution in [0.5, 0.6) is 11.5 Å². The molecule has 142 valence electrons. The number of ether oxygens (including phenoxy) is 2. The standard InChI is InChI=1S/C19H18ClNO6/c1-11(22)27-14-5-3-4-13(10-14)18(23)21-16(19(24)25)9-12-6-7-17(26-2)15(20)8-12/h3-8,10,16H,9H2,1-2H3,(H,21,23)(H,24,25)/t16-/m1/s1. The first-order chi connectivity index (χ1) is 12.8. The zero-order valence-corrected chi connectivity index (χ0v) is 15.4. The van der Waals surface area contributed by atoms with E-state index in [1.54, 1.807) is 18.2 Å². The lowest BCUT2D eigenvalue weighted by molar-refractivity contribution is -0.139. The maximum atomic E-state index is 12.4. The van der Waals surface area contributed by atoms with Gasteiger partial charge in [0.2, 0.25) is 0 Å². The minimum atomic E-state index is -1.19. The Bertz CT molecular complexity index is 867. The molecule has 0 saturated heterocycles. The summed E-state index contributed by atoms with van der Waals surface area (Å²) >= 11 is 6.05. The van der Waals surface area contributed by atoms with Crippen molar-refractivity contribution in [2.75, 3.05) is 7.11 Å². The number of rotatable bonds is 7. The average molecular weight is 392 g/mol. The van der Waals surface area contributed by atoms with Gasteiger partial charge in [-0.05, 0) is 35.9 Å². The van der Waals surface area contributed by atoms with E-state index in [4.69, 9.17) is 21.1 Å². The van der Waals surface area contributed by atoms with Gasteiger partial charge in [0.1, 0.15) is 17.5 Å². The van der Waals surface area contributed by atoms with Gasteiger partial charge in [-0.25, -0.2) is 4.79 Å². The van der Waals surface area contributed by atoms with E-state index >= 15 is 0 Å². The minimum Gasteiger partial charge on any atom is -0.495 e. The molecular weight excluding hydrogens is 374 g/mol. The molecule has 0 heterocycles. The van der Waals surface area contributed by atoms with Crippen molar-refractivity contribution < 1.29 is 29.0 Å². The maximum Gasteiger partial charge on any atom is 0.326 e. The predicted molar refractivity (Wildman–Crippen MR) is 98.3 cm³/mol. The van der Waals surface area contributed by atoms with Crippen molar-refractivity contribution in [2.24, 2.45) is 0 Å². The van der Waals surface area contributed by atoms with Crippen LogP contribution in [0.3, 0.4) is 0 Å². The number of hydrogen-bond acceptors (Lipinski definition) is 5. The number of halogens is 1. The molecule has 0 unspecified atom stereocenters. The van der Waals surface area contributed by atoms with Crippen molar-refractivity contribution >= 4 is 29.4 Å². The highest BCUT2D eigenvalue weighted by Gasteiger charge is 2.22. The Labute approximate surface area is 160 Å². The topological polar surface area (TPSA) is 102 Å². The second kappa shape index (κ2) is 9.05. The van der Waals surface area contributed by atoms with E-state index in [9.17, 15) is 19.5 Å². The third-order valence-corrected chi connectivity index (χ3v) is 3.91. The second-order valence-corrected chi connectivity index (χ2v) is 6.07. The summed E-state index contributed by atoms with van der Waals surface area (Å²) in [5.41, 5.74) is 0.801. The number of hydrogen-bond donors (Lipinski definition) is 2. The summed E-state index contributed by atoms with van der Waals surface area (Å²) in [6.45, 7) is 1.24. The maximum absolute atomic E-state index is 12.4. The third-order valence-electron chi connectivity index (χ3n) is 3.62. The summed E-state index contributed by atoms with van der Waals surface area (Å²) in [5, 5.41) is 12.2.